The molecule has 4 aromatic rings. The summed E-state index contributed by atoms with van der Waals surface area (Å²) in [5, 5.41) is 12.7. The number of aryl methyl sites for hydroxylation is 1. The summed E-state index contributed by atoms with van der Waals surface area (Å²) in [4.78, 5) is 19.9. The second-order valence-corrected chi connectivity index (χ2v) is 6.97. The molecule has 0 aliphatic heterocycles. The van der Waals surface area contributed by atoms with E-state index in [0.29, 0.717) is 16.5 Å². The fourth-order valence-corrected chi connectivity index (χ4v) is 3.32. The summed E-state index contributed by atoms with van der Waals surface area (Å²) in [5.41, 5.74) is 4.24. The highest BCUT2D eigenvalue weighted by atomic mass is 32.2. The topological polar surface area (TPSA) is 92.8 Å². The lowest BCUT2D eigenvalue weighted by atomic mass is 10.2. The van der Waals surface area contributed by atoms with E-state index in [-0.39, 0.29) is 11.7 Å². The number of benzene rings is 2. The lowest BCUT2D eigenvalue weighted by molar-refractivity contribution is -0.113. The number of methoxy groups -OCH3 is 1. The van der Waals surface area contributed by atoms with Gasteiger partial charge in [0.15, 0.2) is 5.65 Å². The van der Waals surface area contributed by atoms with Gasteiger partial charge in [0.05, 0.1) is 12.9 Å². The van der Waals surface area contributed by atoms with Gasteiger partial charge < -0.3 is 15.0 Å². The summed E-state index contributed by atoms with van der Waals surface area (Å²) in [7, 11) is 1.60. The number of fused-ring (bicyclic) bond motifs is 3. The Morgan fingerprint density at radius 3 is 2.78 bits per heavy atom. The second kappa shape index (κ2) is 7.24. The van der Waals surface area contributed by atoms with E-state index in [4.69, 9.17) is 4.74 Å². The first-order chi connectivity index (χ1) is 13.1. The number of anilines is 1. The Morgan fingerprint density at radius 2 is 2.00 bits per heavy atom. The molecule has 136 valence electrons. The standard InChI is InChI=1S/C19H17N5O2S/c1-11-3-8-15-14(9-11)17-18(21-15)22-19(24-23-17)27-10-16(25)20-12-4-6-13(26-2)7-5-12/h3-9H,10H2,1-2H3,(H,20,25)(H,21,22,24). The highest BCUT2D eigenvalue weighted by Gasteiger charge is 2.11. The van der Waals surface area contributed by atoms with Crippen molar-refractivity contribution in [3.8, 4) is 5.75 Å². The van der Waals surface area contributed by atoms with Crippen molar-refractivity contribution in [2.75, 3.05) is 18.2 Å². The monoisotopic (exact) mass is 379 g/mol. The molecule has 0 bridgehead atoms. The van der Waals surface area contributed by atoms with Gasteiger partial charge >= 0.3 is 0 Å². The van der Waals surface area contributed by atoms with E-state index in [2.05, 4.69) is 31.5 Å². The Balaban J connectivity index is 1.45. The third kappa shape index (κ3) is 3.70. The lowest BCUT2D eigenvalue weighted by Gasteiger charge is -2.05. The van der Waals surface area contributed by atoms with E-state index >= 15 is 0 Å². The predicted octanol–water partition coefficient (Wildman–Crippen LogP) is 3.55. The Bertz CT molecular complexity index is 1120. The maximum atomic E-state index is 12.1. The molecule has 2 heterocycles. The van der Waals surface area contributed by atoms with Crippen LogP contribution in [-0.4, -0.2) is 38.9 Å². The summed E-state index contributed by atoms with van der Waals surface area (Å²) in [6.07, 6.45) is 0. The minimum atomic E-state index is -0.138. The van der Waals surface area contributed by atoms with Crippen LogP contribution in [0.3, 0.4) is 0 Å². The Labute approximate surface area is 159 Å². The number of H-pyrrole nitrogens is 1. The fraction of sp³-hybridized carbons (Fsp3) is 0.158. The number of nitrogens with zero attached hydrogens (tertiary/aromatic N) is 3. The summed E-state index contributed by atoms with van der Waals surface area (Å²) < 4.78 is 5.10. The van der Waals surface area contributed by atoms with Gasteiger partial charge in [-0.1, -0.05) is 23.4 Å². The predicted molar refractivity (Wildman–Crippen MR) is 106 cm³/mol. The molecule has 0 fully saturated rings. The van der Waals surface area contributed by atoms with Gasteiger partial charge in [-0.2, -0.15) is 0 Å². The minimum Gasteiger partial charge on any atom is -0.497 e. The summed E-state index contributed by atoms with van der Waals surface area (Å²) in [5.74, 6) is 0.795. The number of ether oxygens (including phenoxy) is 1. The Hall–Kier alpha value is -3.13. The quantitative estimate of drug-likeness (QED) is 0.515. The van der Waals surface area contributed by atoms with Gasteiger partial charge in [-0.25, -0.2) is 4.98 Å². The van der Waals surface area contributed by atoms with Gasteiger partial charge in [-0.15, -0.1) is 10.2 Å². The van der Waals surface area contributed by atoms with Crippen molar-refractivity contribution in [1.82, 2.24) is 20.2 Å². The number of amides is 1. The molecule has 1 amide bonds. The van der Waals surface area contributed by atoms with Crippen molar-refractivity contribution in [2.24, 2.45) is 0 Å². The van der Waals surface area contributed by atoms with E-state index in [1.165, 1.54) is 11.8 Å². The molecular weight excluding hydrogens is 362 g/mol. The fourth-order valence-electron chi connectivity index (χ4n) is 2.73. The number of hydrogen-bond acceptors (Lipinski definition) is 6. The number of hydrogen-bond donors (Lipinski definition) is 2. The van der Waals surface area contributed by atoms with Crippen molar-refractivity contribution < 1.29 is 9.53 Å². The van der Waals surface area contributed by atoms with Gasteiger partial charge in [0.1, 0.15) is 11.3 Å². The van der Waals surface area contributed by atoms with Crippen LogP contribution in [0.1, 0.15) is 5.56 Å². The van der Waals surface area contributed by atoms with E-state index in [1.807, 2.05) is 19.1 Å². The Kier molecular flexibility index (Phi) is 4.64. The van der Waals surface area contributed by atoms with Gasteiger partial charge in [0.25, 0.3) is 0 Å². The minimum absolute atomic E-state index is 0.138. The van der Waals surface area contributed by atoms with Crippen LogP contribution in [0.25, 0.3) is 22.1 Å². The molecule has 0 saturated heterocycles. The van der Waals surface area contributed by atoms with Crippen LogP contribution < -0.4 is 10.1 Å². The molecule has 0 radical (unpaired) electrons. The Morgan fingerprint density at radius 1 is 1.19 bits per heavy atom. The molecule has 2 aromatic heterocycles. The summed E-state index contributed by atoms with van der Waals surface area (Å²) in [6.45, 7) is 2.03. The molecule has 0 aliphatic rings. The van der Waals surface area contributed by atoms with Crippen LogP contribution in [-0.2, 0) is 4.79 Å². The molecule has 2 N–H and O–H groups in total. The van der Waals surface area contributed by atoms with Crippen molar-refractivity contribution in [3.63, 3.8) is 0 Å². The van der Waals surface area contributed by atoms with Gasteiger partial charge in [0.2, 0.25) is 11.1 Å². The van der Waals surface area contributed by atoms with Crippen molar-refractivity contribution in [2.45, 2.75) is 12.1 Å². The molecular formula is C19H17N5O2S. The number of aromatic nitrogens is 4. The van der Waals surface area contributed by atoms with Crippen LogP contribution in [0.5, 0.6) is 5.75 Å². The molecule has 4 rings (SSSR count). The number of carbonyl (C=O) groups is 1. The smallest absolute Gasteiger partial charge is 0.234 e. The first-order valence-electron chi connectivity index (χ1n) is 8.32. The maximum Gasteiger partial charge on any atom is 0.234 e. The zero-order valence-corrected chi connectivity index (χ0v) is 15.6. The second-order valence-electron chi connectivity index (χ2n) is 6.03. The molecule has 0 atom stereocenters. The molecule has 27 heavy (non-hydrogen) atoms. The van der Waals surface area contributed by atoms with Crippen LogP contribution in [0, 0.1) is 6.92 Å². The number of carbonyl (C=O) groups excluding carboxylic acids is 1. The zero-order valence-electron chi connectivity index (χ0n) is 14.8. The highest BCUT2D eigenvalue weighted by molar-refractivity contribution is 7.99. The van der Waals surface area contributed by atoms with E-state index in [1.54, 1.807) is 31.4 Å². The van der Waals surface area contributed by atoms with Crippen LogP contribution in [0.2, 0.25) is 0 Å². The maximum absolute atomic E-state index is 12.1. The highest BCUT2D eigenvalue weighted by Crippen LogP contribution is 2.24. The largest absolute Gasteiger partial charge is 0.497 e. The van der Waals surface area contributed by atoms with Crippen molar-refractivity contribution >= 4 is 45.4 Å². The van der Waals surface area contributed by atoms with Gasteiger partial charge in [0, 0.05) is 16.6 Å². The number of nitrogens with one attached hydrogen (secondary N) is 2. The van der Waals surface area contributed by atoms with Crippen molar-refractivity contribution in [1.29, 1.82) is 0 Å². The first-order valence-corrected chi connectivity index (χ1v) is 9.30. The van der Waals surface area contributed by atoms with Gasteiger partial charge in [-0.05, 0) is 43.3 Å². The SMILES string of the molecule is COc1ccc(NC(=O)CSc2nnc3c(n2)[nH]c2ccc(C)cc23)cc1. The normalized spacial score (nSPS) is 11.0. The average Bonchev–Trinajstić information content (AvgIpc) is 3.04. The number of aromatic amines is 1. The zero-order chi connectivity index (χ0) is 18.8. The van der Waals surface area contributed by atoms with Crippen LogP contribution in [0.15, 0.2) is 47.6 Å². The van der Waals surface area contributed by atoms with E-state index < -0.39 is 0 Å². The lowest BCUT2D eigenvalue weighted by Crippen LogP contribution is -2.14. The summed E-state index contributed by atoms with van der Waals surface area (Å²) >= 11 is 1.24. The van der Waals surface area contributed by atoms with Gasteiger partial charge in [-0.3, -0.25) is 4.79 Å². The van der Waals surface area contributed by atoms with Crippen molar-refractivity contribution in [3.05, 3.63) is 48.0 Å². The third-order valence-electron chi connectivity index (χ3n) is 4.06. The van der Waals surface area contributed by atoms with Crippen LogP contribution in [0.4, 0.5) is 5.69 Å². The molecule has 8 heteroatoms. The molecule has 0 spiro atoms. The molecule has 2 aromatic carbocycles. The third-order valence-corrected chi connectivity index (χ3v) is 4.89. The number of rotatable bonds is 5. The first kappa shape index (κ1) is 17.3. The molecule has 0 unspecified atom stereocenters. The van der Waals surface area contributed by atoms with E-state index in [0.717, 1.165) is 27.7 Å². The average molecular weight is 379 g/mol. The molecule has 0 aliphatic carbocycles. The molecule has 0 saturated carbocycles. The summed E-state index contributed by atoms with van der Waals surface area (Å²) in [6, 6.07) is 13.3. The molecule has 7 nitrogen and oxygen atoms in total. The van der Waals surface area contributed by atoms with E-state index in [9.17, 15) is 4.79 Å². The van der Waals surface area contributed by atoms with Crippen LogP contribution >= 0.6 is 11.8 Å². The number of thioether (sulfide) groups is 1.